The van der Waals surface area contributed by atoms with Crippen molar-refractivity contribution in [2.24, 2.45) is 15.1 Å². The van der Waals surface area contributed by atoms with E-state index in [4.69, 9.17) is 14.7 Å². The zero-order valence-electron chi connectivity index (χ0n) is 23.7. The van der Waals surface area contributed by atoms with Crippen LogP contribution in [0, 0.1) is 18.6 Å². The number of guanidine groups is 1. The summed E-state index contributed by atoms with van der Waals surface area (Å²) < 4.78 is 67.4. The highest BCUT2D eigenvalue weighted by Crippen LogP contribution is 2.35. The molecule has 0 unspecified atom stereocenters. The molecule has 0 bridgehead atoms. The second-order valence-corrected chi connectivity index (χ2v) is 11.2. The predicted octanol–water partition coefficient (Wildman–Crippen LogP) is 3.67. The fraction of sp³-hybridized carbons (Fsp3) is 0.214. The first-order valence-electron chi connectivity index (χ1n) is 13.0. The molecule has 2 aromatic heterocycles. The Kier molecular flexibility index (Phi) is 8.61. The number of benzene rings is 2. The van der Waals surface area contributed by atoms with Crippen LogP contribution in [0.3, 0.4) is 0 Å². The minimum atomic E-state index is -4.48. The highest BCUT2D eigenvalue weighted by molar-refractivity contribution is 7.92. The van der Waals surface area contributed by atoms with Gasteiger partial charge in [0.1, 0.15) is 52.1 Å². The molecule has 2 N–H and O–H groups in total. The Balaban J connectivity index is 1.45. The third-order valence-electron chi connectivity index (χ3n) is 6.57. The Labute approximate surface area is 250 Å². The van der Waals surface area contributed by atoms with E-state index in [9.17, 15) is 17.2 Å². The van der Waals surface area contributed by atoms with Crippen LogP contribution in [-0.2, 0) is 10.0 Å². The molecule has 0 fully saturated rings. The summed E-state index contributed by atoms with van der Waals surface area (Å²) in [6.07, 6.45) is 4.35. The summed E-state index contributed by atoms with van der Waals surface area (Å²) in [6, 6.07) is 7.19. The molecule has 1 aliphatic rings. The summed E-state index contributed by atoms with van der Waals surface area (Å²) >= 11 is 0. The number of fused-ring (bicyclic) bond motifs is 1. The third-order valence-corrected chi connectivity index (χ3v) is 7.97. The van der Waals surface area contributed by atoms with Crippen molar-refractivity contribution in [2.45, 2.75) is 11.8 Å². The molecule has 44 heavy (non-hydrogen) atoms. The standard InChI is InChI=1S/C28H26F2N8O5S/c1-16-21-8-17(10-24(26(21)35-15-34-16)43-7-6-38(2)28-32-13-20(36-39)14-33-28)18-9-23(27(42-3)31-12-18)37-44(40,41)25-5-4-19(29)11-22(25)30/h4-5,8-13,15,37,39H,6-7,14H2,1-3H3. The molecule has 0 saturated heterocycles. The van der Waals surface area contributed by atoms with E-state index in [-0.39, 0.29) is 24.7 Å². The fourth-order valence-electron chi connectivity index (χ4n) is 4.31. The molecule has 0 radical (unpaired) electrons. The van der Waals surface area contributed by atoms with Crippen LogP contribution >= 0.6 is 0 Å². The van der Waals surface area contributed by atoms with Gasteiger partial charge >= 0.3 is 0 Å². The average Bonchev–Trinajstić information content (AvgIpc) is 3.01. The number of pyridine rings is 1. The van der Waals surface area contributed by atoms with E-state index in [0.717, 1.165) is 12.1 Å². The molecule has 0 amide bonds. The van der Waals surface area contributed by atoms with Gasteiger partial charge in [-0.3, -0.25) is 4.72 Å². The minimum Gasteiger partial charge on any atom is -0.489 e. The maximum atomic E-state index is 14.3. The molecule has 0 aliphatic carbocycles. The van der Waals surface area contributed by atoms with Gasteiger partial charge in [-0.05, 0) is 42.8 Å². The van der Waals surface area contributed by atoms with Gasteiger partial charge in [-0.1, -0.05) is 5.16 Å². The summed E-state index contributed by atoms with van der Waals surface area (Å²) in [5.74, 6) is -1.33. The smallest absolute Gasteiger partial charge is 0.264 e. The number of hydrogen-bond acceptors (Lipinski definition) is 12. The molecule has 1 aliphatic heterocycles. The summed E-state index contributed by atoms with van der Waals surface area (Å²) in [5, 5.41) is 12.7. The highest BCUT2D eigenvalue weighted by Gasteiger charge is 2.23. The number of sulfonamides is 1. The number of aromatic nitrogens is 3. The normalized spacial score (nSPS) is 14.0. The lowest BCUT2D eigenvalue weighted by molar-refractivity contribution is 0.285. The number of nitrogens with zero attached hydrogens (tertiary/aromatic N) is 7. The number of aliphatic imine (C=N–C) groups is 2. The minimum absolute atomic E-state index is 0.0645. The van der Waals surface area contributed by atoms with E-state index in [1.807, 2.05) is 13.0 Å². The fourth-order valence-corrected chi connectivity index (χ4v) is 5.42. The molecule has 13 nitrogen and oxygen atoms in total. The number of likely N-dealkylation sites (N-methyl/N-ethyl adjacent to an activating group) is 1. The molecule has 5 rings (SSSR count). The van der Waals surface area contributed by atoms with E-state index in [0.29, 0.717) is 57.8 Å². The molecular formula is C28H26F2N8O5S. The SMILES string of the molecule is COc1ncc(-c2cc(OCCN(C)C3=NCC(=NO)C=N3)c3ncnc(C)c3c2)cc1NS(=O)(=O)c1ccc(F)cc1F. The Morgan fingerprint density at radius 3 is 2.64 bits per heavy atom. The first kappa shape index (κ1) is 30.2. The van der Waals surface area contributed by atoms with Crippen LogP contribution in [0.5, 0.6) is 11.6 Å². The van der Waals surface area contributed by atoms with Crippen LogP contribution in [0.15, 0.2) is 69.0 Å². The summed E-state index contributed by atoms with van der Waals surface area (Å²) in [7, 11) is -1.37. The van der Waals surface area contributed by atoms with Crippen LogP contribution in [0.1, 0.15) is 5.69 Å². The van der Waals surface area contributed by atoms with Crippen LogP contribution in [0.4, 0.5) is 14.5 Å². The first-order chi connectivity index (χ1) is 21.1. The van der Waals surface area contributed by atoms with Crippen molar-refractivity contribution in [2.75, 3.05) is 38.6 Å². The number of methoxy groups -OCH3 is 1. The quantitative estimate of drug-likeness (QED) is 0.209. The largest absolute Gasteiger partial charge is 0.489 e. The maximum Gasteiger partial charge on any atom is 0.264 e. The van der Waals surface area contributed by atoms with Crippen molar-refractivity contribution in [3.63, 3.8) is 0 Å². The van der Waals surface area contributed by atoms with Crippen molar-refractivity contribution in [1.29, 1.82) is 0 Å². The van der Waals surface area contributed by atoms with E-state index >= 15 is 0 Å². The van der Waals surface area contributed by atoms with E-state index in [1.54, 1.807) is 18.0 Å². The van der Waals surface area contributed by atoms with Crippen molar-refractivity contribution >= 4 is 44.5 Å². The molecule has 4 aromatic rings. The number of oxime groups is 1. The molecule has 0 atom stereocenters. The number of ether oxygens (including phenoxy) is 2. The molecule has 0 saturated carbocycles. The average molecular weight is 625 g/mol. The van der Waals surface area contributed by atoms with Crippen LogP contribution in [0.25, 0.3) is 22.0 Å². The van der Waals surface area contributed by atoms with Crippen LogP contribution in [-0.4, -0.2) is 85.2 Å². The molecule has 3 heterocycles. The van der Waals surface area contributed by atoms with Gasteiger partial charge in [-0.15, -0.1) is 0 Å². The van der Waals surface area contributed by atoms with E-state index < -0.39 is 26.6 Å². The number of rotatable bonds is 9. The lowest BCUT2D eigenvalue weighted by Crippen LogP contribution is -2.32. The van der Waals surface area contributed by atoms with Crippen LogP contribution < -0.4 is 14.2 Å². The number of anilines is 1. The molecule has 16 heteroatoms. The maximum absolute atomic E-state index is 14.3. The Bertz CT molecular complexity index is 1940. The highest BCUT2D eigenvalue weighted by atomic mass is 32.2. The Morgan fingerprint density at radius 1 is 1.11 bits per heavy atom. The van der Waals surface area contributed by atoms with Gasteiger partial charge in [0.25, 0.3) is 10.0 Å². The van der Waals surface area contributed by atoms with Crippen molar-refractivity contribution < 1.29 is 31.9 Å². The number of hydrogen-bond donors (Lipinski definition) is 2. The predicted molar refractivity (Wildman–Crippen MR) is 159 cm³/mol. The Morgan fingerprint density at radius 2 is 1.93 bits per heavy atom. The molecule has 228 valence electrons. The van der Waals surface area contributed by atoms with Gasteiger partial charge < -0.3 is 19.6 Å². The lowest BCUT2D eigenvalue weighted by Gasteiger charge is -2.20. The number of nitrogens with one attached hydrogen (secondary N) is 1. The lowest BCUT2D eigenvalue weighted by atomic mass is 10.0. The second kappa shape index (κ2) is 12.5. The zero-order valence-corrected chi connectivity index (χ0v) is 24.5. The van der Waals surface area contributed by atoms with Gasteiger partial charge in [0.15, 0.2) is 0 Å². The second-order valence-electron chi connectivity index (χ2n) is 9.53. The molecular weight excluding hydrogens is 598 g/mol. The van der Waals surface area contributed by atoms with E-state index in [2.05, 4.69) is 34.8 Å². The van der Waals surface area contributed by atoms with Gasteiger partial charge in [0.05, 0.1) is 26.4 Å². The van der Waals surface area contributed by atoms with Crippen molar-refractivity contribution in [3.8, 4) is 22.8 Å². The molecule has 0 spiro atoms. The number of aryl methyl sites for hydroxylation is 1. The van der Waals surface area contributed by atoms with Gasteiger partial charge in [0.2, 0.25) is 11.8 Å². The third kappa shape index (κ3) is 6.39. The number of halogens is 2. The van der Waals surface area contributed by atoms with Gasteiger partial charge in [0, 0.05) is 36.0 Å². The first-order valence-corrected chi connectivity index (χ1v) is 14.5. The Hall–Kier alpha value is -5.25. The van der Waals surface area contributed by atoms with Gasteiger partial charge in [-0.2, -0.15) is 0 Å². The van der Waals surface area contributed by atoms with Gasteiger partial charge in [-0.25, -0.2) is 42.1 Å². The molecule has 2 aromatic carbocycles. The summed E-state index contributed by atoms with van der Waals surface area (Å²) in [6.45, 7) is 2.66. The van der Waals surface area contributed by atoms with E-state index in [1.165, 1.54) is 31.9 Å². The summed E-state index contributed by atoms with van der Waals surface area (Å²) in [4.78, 5) is 22.4. The van der Waals surface area contributed by atoms with Crippen molar-refractivity contribution in [3.05, 3.63) is 66.3 Å². The zero-order chi connectivity index (χ0) is 31.4. The topological polar surface area (TPSA) is 164 Å². The van der Waals surface area contributed by atoms with Crippen LogP contribution in [0.2, 0.25) is 0 Å². The van der Waals surface area contributed by atoms with Crippen molar-refractivity contribution in [1.82, 2.24) is 19.9 Å². The summed E-state index contributed by atoms with van der Waals surface area (Å²) in [5.41, 5.74) is 2.60. The monoisotopic (exact) mass is 624 g/mol.